The van der Waals surface area contributed by atoms with E-state index in [2.05, 4.69) is 5.32 Å². The molecule has 0 saturated heterocycles. The van der Waals surface area contributed by atoms with Crippen LogP contribution >= 0.6 is 11.6 Å². The maximum Gasteiger partial charge on any atom is 0.259 e. The molecule has 0 aliphatic heterocycles. The minimum absolute atomic E-state index is 0.351. The van der Waals surface area contributed by atoms with E-state index in [9.17, 15) is 4.79 Å². The van der Waals surface area contributed by atoms with Crippen LogP contribution in [-0.2, 0) is 0 Å². The highest BCUT2D eigenvalue weighted by atomic mass is 35.5. The van der Waals surface area contributed by atoms with Gasteiger partial charge in [-0.2, -0.15) is 0 Å². The Bertz CT molecular complexity index is 688. The van der Waals surface area contributed by atoms with Gasteiger partial charge in [-0.1, -0.05) is 11.6 Å². The number of amides is 1. The van der Waals surface area contributed by atoms with Crippen LogP contribution in [0.25, 0.3) is 0 Å². The number of carbonyl (C=O) groups excluding carboxylic acids is 1. The average molecular weight is 322 g/mol. The molecule has 0 saturated carbocycles. The standard InChI is InChI=1S/C16H16ClNO4/c1-20-11-5-7-14(21-2)12(9-11)16(19)18-13-8-10(17)4-6-15(13)22-3/h4-9H,1-3H3,(H,18,19). The Hall–Kier alpha value is -2.40. The second-order valence-corrected chi connectivity index (χ2v) is 4.80. The summed E-state index contributed by atoms with van der Waals surface area (Å²) in [5.74, 6) is 1.17. The molecule has 0 fully saturated rings. The molecule has 0 aromatic heterocycles. The van der Waals surface area contributed by atoms with Gasteiger partial charge in [0.05, 0.1) is 32.6 Å². The number of benzene rings is 2. The third-order valence-corrected chi connectivity index (χ3v) is 3.30. The minimum atomic E-state index is -0.351. The first-order chi connectivity index (χ1) is 10.6. The van der Waals surface area contributed by atoms with E-state index in [1.165, 1.54) is 21.3 Å². The summed E-state index contributed by atoms with van der Waals surface area (Å²) in [5, 5.41) is 3.25. The number of carbonyl (C=O) groups is 1. The first kappa shape index (κ1) is 16.0. The lowest BCUT2D eigenvalue weighted by molar-refractivity contribution is 0.102. The molecule has 5 nitrogen and oxygen atoms in total. The Kier molecular flexibility index (Phi) is 5.12. The monoisotopic (exact) mass is 321 g/mol. The Labute approximate surface area is 133 Å². The number of anilines is 1. The third-order valence-electron chi connectivity index (χ3n) is 3.06. The zero-order valence-corrected chi connectivity index (χ0v) is 13.2. The molecule has 0 radical (unpaired) electrons. The topological polar surface area (TPSA) is 56.8 Å². The van der Waals surface area contributed by atoms with E-state index >= 15 is 0 Å². The number of hydrogen-bond donors (Lipinski definition) is 1. The van der Waals surface area contributed by atoms with Crippen molar-refractivity contribution in [2.45, 2.75) is 0 Å². The van der Waals surface area contributed by atoms with Crippen molar-refractivity contribution in [2.75, 3.05) is 26.6 Å². The van der Waals surface area contributed by atoms with Gasteiger partial charge in [0, 0.05) is 5.02 Å². The van der Waals surface area contributed by atoms with Crippen molar-refractivity contribution in [1.29, 1.82) is 0 Å². The fraction of sp³-hybridized carbons (Fsp3) is 0.188. The summed E-state index contributed by atoms with van der Waals surface area (Å²) >= 11 is 5.96. The van der Waals surface area contributed by atoms with Crippen LogP contribution in [0.15, 0.2) is 36.4 Å². The molecule has 1 N–H and O–H groups in total. The lowest BCUT2D eigenvalue weighted by Gasteiger charge is -2.13. The fourth-order valence-corrected chi connectivity index (χ4v) is 2.13. The number of halogens is 1. The van der Waals surface area contributed by atoms with Gasteiger partial charge < -0.3 is 19.5 Å². The van der Waals surface area contributed by atoms with Gasteiger partial charge in [-0.05, 0) is 36.4 Å². The van der Waals surface area contributed by atoms with E-state index in [0.29, 0.717) is 33.5 Å². The molecule has 22 heavy (non-hydrogen) atoms. The van der Waals surface area contributed by atoms with Crippen molar-refractivity contribution in [3.05, 3.63) is 47.0 Å². The van der Waals surface area contributed by atoms with Gasteiger partial charge in [-0.15, -0.1) is 0 Å². The van der Waals surface area contributed by atoms with Crippen LogP contribution in [0.2, 0.25) is 5.02 Å². The Morgan fingerprint density at radius 1 is 0.955 bits per heavy atom. The van der Waals surface area contributed by atoms with Crippen molar-refractivity contribution in [2.24, 2.45) is 0 Å². The first-order valence-corrected chi connectivity index (χ1v) is 6.83. The molecule has 6 heteroatoms. The van der Waals surface area contributed by atoms with E-state index in [4.69, 9.17) is 25.8 Å². The van der Waals surface area contributed by atoms with Crippen LogP contribution in [0, 0.1) is 0 Å². The highest BCUT2D eigenvalue weighted by Crippen LogP contribution is 2.30. The summed E-state index contributed by atoms with van der Waals surface area (Å²) in [6.07, 6.45) is 0. The van der Waals surface area contributed by atoms with Crippen LogP contribution in [0.5, 0.6) is 17.2 Å². The smallest absolute Gasteiger partial charge is 0.259 e. The summed E-state index contributed by atoms with van der Waals surface area (Å²) in [7, 11) is 4.55. The molecule has 0 bridgehead atoms. The molecule has 0 spiro atoms. The van der Waals surface area contributed by atoms with Crippen molar-refractivity contribution in [3.63, 3.8) is 0 Å². The number of rotatable bonds is 5. The van der Waals surface area contributed by atoms with Gasteiger partial charge in [-0.3, -0.25) is 4.79 Å². The molecule has 0 atom stereocenters. The highest BCUT2D eigenvalue weighted by molar-refractivity contribution is 6.31. The molecule has 116 valence electrons. The van der Waals surface area contributed by atoms with E-state index < -0.39 is 0 Å². The van der Waals surface area contributed by atoms with Gasteiger partial charge in [0.15, 0.2) is 0 Å². The lowest BCUT2D eigenvalue weighted by atomic mass is 10.1. The summed E-state index contributed by atoms with van der Waals surface area (Å²) in [5.41, 5.74) is 0.828. The van der Waals surface area contributed by atoms with E-state index in [1.807, 2.05) is 0 Å². The molecular formula is C16H16ClNO4. The Morgan fingerprint density at radius 2 is 1.64 bits per heavy atom. The SMILES string of the molecule is COc1ccc(OC)c(C(=O)Nc2cc(Cl)ccc2OC)c1. The minimum Gasteiger partial charge on any atom is -0.497 e. The molecule has 0 aliphatic rings. The maximum atomic E-state index is 12.5. The zero-order chi connectivity index (χ0) is 16.1. The van der Waals surface area contributed by atoms with Crippen LogP contribution < -0.4 is 19.5 Å². The van der Waals surface area contributed by atoms with Crippen molar-refractivity contribution in [1.82, 2.24) is 0 Å². The van der Waals surface area contributed by atoms with Gasteiger partial charge >= 0.3 is 0 Å². The predicted octanol–water partition coefficient (Wildman–Crippen LogP) is 3.62. The number of nitrogens with one attached hydrogen (secondary N) is 1. The van der Waals surface area contributed by atoms with Crippen LogP contribution in [-0.4, -0.2) is 27.2 Å². The Morgan fingerprint density at radius 3 is 2.27 bits per heavy atom. The van der Waals surface area contributed by atoms with Crippen molar-refractivity contribution >= 4 is 23.2 Å². The van der Waals surface area contributed by atoms with Gasteiger partial charge in [-0.25, -0.2) is 0 Å². The number of methoxy groups -OCH3 is 3. The summed E-state index contributed by atoms with van der Waals surface area (Å²) in [4.78, 5) is 12.5. The summed E-state index contributed by atoms with van der Waals surface area (Å²) < 4.78 is 15.6. The van der Waals surface area contributed by atoms with E-state index in [0.717, 1.165) is 0 Å². The van der Waals surface area contributed by atoms with Gasteiger partial charge in [0.25, 0.3) is 5.91 Å². The number of ether oxygens (including phenoxy) is 3. The van der Waals surface area contributed by atoms with Crippen LogP contribution in [0.4, 0.5) is 5.69 Å². The van der Waals surface area contributed by atoms with E-state index in [-0.39, 0.29) is 5.91 Å². The molecule has 1 amide bonds. The number of hydrogen-bond acceptors (Lipinski definition) is 4. The van der Waals surface area contributed by atoms with Crippen LogP contribution in [0.1, 0.15) is 10.4 Å². The molecule has 0 heterocycles. The largest absolute Gasteiger partial charge is 0.497 e. The predicted molar refractivity (Wildman–Crippen MR) is 85.5 cm³/mol. The zero-order valence-electron chi connectivity index (χ0n) is 12.5. The molecule has 2 aromatic carbocycles. The Balaban J connectivity index is 2.35. The molecular weight excluding hydrogens is 306 g/mol. The van der Waals surface area contributed by atoms with Crippen molar-refractivity contribution in [3.8, 4) is 17.2 Å². The first-order valence-electron chi connectivity index (χ1n) is 6.46. The quantitative estimate of drug-likeness (QED) is 0.914. The second kappa shape index (κ2) is 7.04. The normalized spacial score (nSPS) is 10.0. The molecule has 2 aromatic rings. The third kappa shape index (κ3) is 3.43. The molecule has 2 rings (SSSR count). The van der Waals surface area contributed by atoms with Gasteiger partial charge in [0.2, 0.25) is 0 Å². The summed E-state index contributed by atoms with van der Waals surface area (Å²) in [6, 6.07) is 9.97. The average Bonchev–Trinajstić information content (AvgIpc) is 2.54. The van der Waals surface area contributed by atoms with E-state index in [1.54, 1.807) is 36.4 Å². The van der Waals surface area contributed by atoms with Crippen molar-refractivity contribution < 1.29 is 19.0 Å². The van der Waals surface area contributed by atoms with Crippen LogP contribution in [0.3, 0.4) is 0 Å². The molecule has 0 aliphatic carbocycles. The molecule has 0 unspecified atom stereocenters. The maximum absolute atomic E-state index is 12.5. The lowest BCUT2D eigenvalue weighted by Crippen LogP contribution is -2.14. The van der Waals surface area contributed by atoms with Gasteiger partial charge in [0.1, 0.15) is 17.2 Å². The fourth-order valence-electron chi connectivity index (χ4n) is 1.96. The summed E-state index contributed by atoms with van der Waals surface area (Å²) in [6.45, 7) is 0. The second-order valence-electron chi connectivity index (χ2n) is 4.36. The highest BCUT2D eigenvalue weighted by Gasteiger charge is 2.16.